The van der Waals surface area contributed by atoms with Crippen molar-refractivity contribution in [2.45, 2.75) is 44.7 Å². The molecule has 0 aromatic carbocycles. The van der Waals surface area contributed by atoms with Crippen molar-refractivity contribution in [2.24, 2.45) is 5.73 Å². The minimum atomic E-state index is -0.891. The maximum absolute atomic E-state index is 10.5. The second-order valence-electron chi connectivity index (χ2n) is 4.00. The zero-order valence-corrected chi connectivity index (χ0v) is 8.78. The van der Waals surface area contributed by atoms with Crippen molar-refractivity contribution in [3.63, 3.8) is 0 Å². The van der Waals surface area contributed by atoms with Crippen LogP contribution in [0.4, 0.5) is 0 Å². The van der Waals surface area contributed by atoms with Crippen LogP contribution in [0.2, 0.25) is 0 Å². The third-order valence-electron chi connectivity index (χ3n) is 2.62. The molecule has 0 amide bonds. The van der Waals surface area contributed by atoms with Gasteiger partial charge >= 0.3 is 5.97 Å². The third-order valence-corrected chi connectivity index (χ3v) is 2.62. The molecule has 14 heavy (non-hydrogen) atoms. The van der Waals surface area contributed by atoms with Crippen LogP contribution in [0.1, 0.15) is 32.6 Å². The van der Waals surface area contributed by atoms with Gasteiger partial charge in [0.1, 0.15) is 6.04 Å². The normalized spacial score (nSPS) is 18.5. The maximum Gasteiger partial charge on any atom is 0.320 e. The largest absolute Gasteiger partial charge is 0.480 e. The van der Waals surface area contributed by atoms with E-state index in [1.165, 1.54) is 12.8 Å². The molecule has 0 aromatic heterocycles. The first-order valence-corrected chi connectivity index (χ1v) is 5.37. The summed E-state index contributed by atoms with van der Waals surface area (Å²) in [4.78, 5) is 12.9. The van der Waals surface area contributed by atoms with Gasteiger partial charge in [0.2, 0.25) is 0 Å². The zero-order valence-electron chi connectivity index (χ0n) is 8.78. The van der Waals surface area contributed by atoms with Crippen molar-refractivity contribution in [1.82, 2.24) is 4.90 Å². The van der Waals surface area contributed by atoms with Crippen LogP contribution in [0, 0.1) is 0 Å². The monoisotopic (exact) mass is 200 g/mol. The van der Waals surface area contributed by atoms with E-state index in [4.69, 9.17) is 10.8 Å². The number of hydrogen-bond donors (Lipinski definition) is 2. The molecule has 4 nitrogen and oxygen atoms in total. The van der Waals surface area contributed by atoms with Gasteiger partial charge in [-0.25, -0.2) is 0 Å². The fourth-order valence-corrected chi connectivity index (χ4v) is 1.63. The van der Waals surface area contributed by atoms with Gasteiger partial charge in [0, 0.05) is 12.6 Å². The summed E-state index contributed by atoms with van der Waals surface area (Å²) < 4.78 is 0. The van der Waals surface area contributed by atoms with E-state index in [-0.39, 0.29) is 0 Å². The van der Waals surface area contributed by atoms with Crippen molar-refractivity contribution >= 4 is 5.97 Å². The van der Waals surface area contributed by atoms with Gasteiger partial charge in [-0.3, -0.25) is 4.79 Å². The van der Waals surface area contributed by atoms with Crippen molar-refractivity contribution in [2.75, 3.05) is 13.1 Å². The number of carboxylic acids is 1. The average Bonchev–Trinajstić information content (AvgIpc) is 2.94. The van der Waals surface area contributed by atoms with Crippen molar-refractivity contribution in [1.29, 1.82) is 0 Å². The summed E-state index contributed by atoms with van der Waals surface area (Å²) in [6.07, 6.45) is 4.22. The molecule has 1 unspecified atom stereocenters. The van der Waals surface area contributed by atoms with Crippen LogP contribution < -0.4 is 5.73 Å². The summed E-state index contributed by atoms with van der Waals surface area (Å²) in [5, 5.41) is 8.64. The van der Waals surface area contributed by atoms with Crippen molar-refractivity contribution < 1.29 is 9.90 Å². The van der Waals surface area contributed by atoms with Crippen molar-refractivity contribution in [3.05, 3.63) is 0 Å². The Labute approximate surface area is 85.1 Å². The fourth-order valence-electron chi connectivity index (χ4n) is 1.63. The Balaban J connectivity index is 2.22. The van der Waals surface area contributed by atoms with E-state index in [0.29, 0.717) is 12.5 Å². The number of rotatable bonds is 7. The van der Waals surface area contributed by atoms with Crippen molar-refractivity contribution in [3.8, 4) is 0 Å². The van der Waals surface area contributed by atoms with Crippen LogP contribution in [-0.4, -0.2) is 41.1 Å². The highest BCUT2D eigenvalue weighted by Crippen LogP contribution is 2.26. The highest BCUT2D eigenvalue weighted by atomic mass is 16.4. The first-order chi connectivity index (χ1) is 6.65. The van der Waals surface area contributed by atoms with E-state index in [1.807, 2.05) is 0 Å². The summed E-state index contributed by atoms with van der Waals surface area (Å²) in [5.74, 6) is -0.891. The smallest absolute Gasteiger partial charge is 0.320 e. The molecule has 1 saturated carbocycles. The highest BCUT2D eigenvalue weighted by molar-refractivity contribution is 5.72. The van der Waals surface area contributed by atoms with E-state index >= 15 is 0 Å². The molecule has 0 aromatic rings. The zero-order chi connectivity index (χ0) is 10.6. The average molecular weight is 200 g/mol. The molecule has 4 heteroatoms. The number of carboxylic acid groups (broad SMARTS) is 1. The topological polar surface area (TPSA) is 66.6 Å². The number of nitrogens with two attached hydrogens (primary N) is 1. The predicted molar refractivity (Wildman–Crippen MR) is 55.1 cm³/mol. The van der Waals surface area contributed by atoms with E-state index < -0.39 is 12.0 Å². The molecule has 0 radical (unpaired) electrons. The summed E-state index contributed by atoms with van der Waals surface area (Å²) in [6, 6.07) is 0.00375. The second-order valence-corrected chi connectivity index (χ2v) is 4.00. The summed E-state index contributed by atoms with van der Waals surface area (Å²) >= 11 is 0. The molecule has 1 aliphatic carbocycles. The number of nitrogens with zero attached hydrogens (tertiary/aromatic N) is 1. The Morgan fingerprint density at radius 3 is 2.64 bits per heavy atom. The Morgan fingerprint density at radius 1 is 1.57 bits per heavy atom. The van der Waals surface area contributed by atoms with Crippen LogP contribution in [0.15, 0.2) is 0 Å². The molecule has 1 fully saturated rings. The lowest BCUT2D eigenvalue weighted by Gasteiger charge is -2.21. The quantitative estimate of drug-likeness (QED) is 0.633. The van der Waals surface area contributed by atoms with Gasteiger partial charge in [0.25, 0.3) is 0 Å². The molecule has 0 heterocycles. The molecule has 0 saturated heterocycles. The van der Waals surface area contributed by atoms with Gasteiger partial charge < -0.3 is 15.7 Å². The van der Waals surface area contributed by atoms with Crippen LogP contribution in [0.3, 0.4) is 0 Å². The van der Waals surface area contributed by atoms with E-state index in [1.54, 1.807) is 0 Å². The number of carbonyl (C=O) groups is 1. The Morgan fingerprint density at radius 2 is 2.21 bits per heavy atom. The highest BCUT2D eigenvalue weighted by Gasteiger charge is 2.28. The second kappa shape index (κ2) is 5.32. The van der Waals surface area contributed by atoms with E-state index in [9.17, 15) is 4.79 Å². The van der Waals surface area contributed by atoms with Crippen LogP contribution in [0.5, 0.6) is 0 Å². The lowest BCUT2D eigenvalue weighted by atomic mass is 10.2. The minimum Gasteiger partial charge on any atom is -0.480 e. The number of aliphatic carboxylic acids is 1. The molecule has 1 rings (SSSR count). The lowest BCUT2D eigenvalue weighted by molar-refractivity contribution is -0.138. The molecule has 3 N–H and O–H groups in total. The van der Waals surface area contributed by atoms with Gasteiger partial charge in [0.05, 0.1) is 0 Å². The van der Waals surface area contributed by atoms with E-state index in [2.05, 4.69) is 11.8 Å². The molecule has 82 valence electrons. The van der Waals surface area contributed by atoms with Gasteiger partial charge in [-0.1, -0.05) is 6.92 Å². The minimum absolute atomic E-state index is 0.561. The van der Waals surface area contributed by atoms with Gasteiger partial charge in [-0.05, 0) is 32.2 Å². The van der Waals surface area contributed by atoms with Crippen LogP contribution in [0.25, 0.3) is 0 Å². The SMILES string of the molecule is CCCN(CCC(N)C(=O)O)C1CC1. The summed E-state index contributed by atoms with van der Waals surface area (Å²) in [6.45, 7) is 4.04. The van der Waals surface area contributed by atoms with Gasteiger partial charge in [-0.2, -0.15) is 0 Å². The molecular weight excluding hydrogens is 180 g/mol. The Hall–Kier alpha value is -0.610. The molecule has 0 aliphatic heterocycles. The maximum atomic E-state index is 10.5. The number of hydrogen-bond acceptors (Lipinski definition) is 3. The standard InChI is InChI=1S/C10H20N2O2/c1-2-6-12(8-3-4-8)7-5-9(11)10(13)14/h8-9H,2-7,11H2,1H3,(H,13,14). The van der Waals surface area contributed by atoms with Crippen LogP contribution >= 0.6 is 0 Å². The fraction of sp³-hybridized carbons (Fsp3) is 0.900. The summed E-state index contributed by atoms with van der Waals surface area (Å²) in [5.41, 5.74) is 5.46. The Kier molecular flexibility index (Phi) is 4.35. The van der Waals surface area contributed by atoms with Gasteiger partial charge in [-0.15, -0.1) is 0 Å². The molecular formula is C10H20N2O2. The first kappa shape index (κ1) is 11.5. The van der Waals surface area contributed by atoms with E-state index in [0.717, 1.165) is 19.5 Å². The first-order valence-electron chi connectivity index (χ1n) is 5.37. The van der Waals surface area contributed by atoms with Crippen LogP contribution in [-0.2, 0) is 4.79 Å². The summed E-state index contributed by atoms with van der Waals surface area (Å²) in [7, 11) is 0. The molecule has 1 aliphatic rings. The molecule has 0 spiro atoms. The lowest BCUT2D eigenvalue weighted by Crippen LogP contribution is -2.36. The molecule has 1 atom stereocenters. The predicted octanol–water partition coefficient (Wildman–Crippen LogP) is 0.663. The Bertz CT molecular complexity index is 193. The van der Waals surface area contributed by atoms with Gasteiger partial charge in [0.15, 0.2) is 0 Å². The third kappa shape index (κ3) is 3.64. The molecule has 0 bridgehead atoms.